The Kier molecular flexibility index (Phi) is 5.87. The molecule has 5 nitrogen and oxygen atoms in total. The predicted molar refractivity (Wildman–Crippen MR) is 66.9 cm³/mol. The Bertz CT molecular complexity index is 417. The molecule has 0 aliphatic heterocycles. The molecule has 98 valence electrons. The number of carbonyl (C=O) groups excluding carboxylic acids is 1. The molecule has 0 radical (unpaired) electrons. The smallest absolute Gasteiger partial charge is 0.356 e. The number of aliphatic hydroxyl groups is 1. The molecule has 0 aliphatic carbocycles. The Hall–Kier alpha value is -1.88. The number of unbranched alkanes of at least 4 members (excludes halogenated alkanes) is 1. The highest BCUT2D eigenvalue weighted by atomic mass is 16.5. The first-order chi connectivity index (χ1) is 8.69. The molecule has 1 N–H and O–H groups in total. The number of pyridine rings is 1. The number of esters is 1. The van der Waals surface area contributed by atoms with E-state index in [1.165, 1.54) is 7.11 Å². The van der Waals surface area contributed by atoms with Crippen molar-refractivity contribution >= 4 is 11.7 Å². The van der Waals surface area contributed by atoms with Gasteiger partial charge in [0.1, 0.15) is 17.1 Å². The van der Waals surface area contributed by atoms with Gasteiger partial charge in [0, 0.05) is 6.61 Å². The molecule has 0 saturated carbocycles. The van der Waals surface area contributed by atoms with Crippen LogP contribution in [0.2, 0.25) is 0 Å². The summed E-state index contributed by atoms with van der Waals surface area (Å²) in [6, 6.07) is 4.96. The van der Waals surface area contributed by atoms with Gasteiger partial charge in [-0.15, -0.1) is 0 Å². The summed E-state index contributed by atoms with van der Waals surface area (Å²) in [5.74, 6) is -0.0939. The first-order valence-corrected chi connectivity index (χ1v) is 5.67. The molecule has 0 aliphatic rings. The average molecular weight is 251 g/mol. The molecule has 0 saturated heterocycles. The van der Waals surface area contributed by atoms with Crippen LogP contribution in [0.5, 0.6) is 0 Å². The summed E-state index contributed by atoms with van der Waals surface area (Å²) in [7, 11) is 1.30. The minimum absolute atomic E-state index is 0.145. The van der Waals surface area contributed by atoms with Crippen molar-refractivity contribution in [2.75, 3.05) is 20.3 Å². The number of nitrogens with zero attached hydrogens (tertiary/aromatic N) is 1. The molecule has 0 unspecified atom stereocenters. The first-order valence-electron chi connectivity index (χ1n) is 5.67. The van der Waals surface area contributed by atoms with E-state index < -0.39 is 5.97 Å². The van der Waals surface area contributed by atoms with Crippen molar-refractivity contribution in [1.29, 1.82) is 0 Å². The van der Waals surface area contributed by atoms with Crippen LogP contribution in [0.15, 0.2) is 24.8 Å². The van der Waals surface area contributed by atoms with Gasteiger partial charge >= 0.3 is 5.97 Å². The van der Waals surface area contributed by atoms with Crippen LogP contribution in [0.1, 0.15) is 29.0 Å². The zero-order chi connectivity index (χ0) is 13.4. The molecule has 0 atom stereocenters. The SMILES string of the molecule is C=C(OCCCCO)c1cccc(C(=O)OC)n1. The third-order valence-electron chi connectivity index (χ3n) is 2.26. The highest BCUT2D eigenvalue weighted by molar-refractivity contribution is 5.87. The second-order valence-electron chi connectivity index (χ2n) is 3.60. The molecule has 1 heterocycles. The number of rotatable bonds is 7. The Labute approximate surface area is 106 Å². The lowest BCUT2D eigenvalue weighted by Gasteiger charge is -2.08. The molecule has 18 heavy (non-hydrogen) atoms. The van der Waals surface area contributed by atoms with Crippen molar-refractivity contribution in [2.45, 2.75) is 12.8 Å². The summed E-state index contributed by atoms with van der Waals surface area (Å²) in [6.45, 7) is 4.36. The van der Waals surface area contributed by atoms with Crippen molar-refractivity contribution in [3.63, 3.8) is 0 Å². The van der Waals surface area contributed by atoms with Gasteiger partial charge in [-0.05, 0) is 25.0 Å². The lowest BCUT2D eigenvalue weighted by Crippen LogP contribution is -2.06. The highest BCUT2D eigenvalue weighted by Crippen LogP contribution is 2.12. The second kappa shape index (κ2) is 7.45. The largest absolute Gasteiger partial charge is 0.492 e. The molecular formula is C13H17NO4. The summed E-state index contributed by atoms with van der Waals surface area (Å²) in [5, 5.41) is 8.63. The molecule has 1 rings (SSSR count). The predicted octanol–water partition coefficient (Wildman–Crippen LogP) is 1.63. The van der Waals surface area contributed by atoms with Gasteiger partial charge in [0.2, 0.25) is 0 Å². The zero-order valence-electron chi connectivity index (χ0n) is 10.4. The van der Waals surface area contributed by atoms with Crippen molar-refractivity contribution in [3.05, 3.63) is 36.2 Å². The van der Waals surface area contributed by atoms with Crippen molar-refractivity contribution in [3.8, 4) is 0 Å². The number of ether oxygens (including phenoxy) is 2. The maximum absolute atomic E-state index is 11.3. The van der Waals surface area contributed by atoms with Crippen LogP contribution in [0.3, 0.4) is 0 Å². The van der Waals surface area contributed by atoms with E-state index in [9.17, 15) is 4.79 Å². The molecule has 0 bridgehead atoms. The Morgan fingerprint density at radius 2 is 2.11 bits per heavy atom. The number of methoxy groups -OCH3 is 1. The number of hydrogen-bond donors (Lipinski definition) is 1. The van der Waals surface area contributed by atoms with Crippen molar-refractivity contribution < 1.29 is 19.4 Å². The first kappa shape index (κ1) is 14.2. The number of carbonyl (C=O) groups is 1. The van der Waals surface area contributed by atoms with Crippen LogP contribution in [-0.4, -0.2) is 36.4 Å². The van der Waals surface area contributed by atoms with E-state index in [1.807, 2.05) is 0 Å². The monoisotopic (exact) mass is 251 g/mol. The van der Waals surface area contributed by atoms with E-state index in [1.54, 1.807) is 18.2 Å². The summed E-state index contributed by atoms with van der Waals surface area (Å²) in [4.78, 5) is 15.4. The molecule has 0 aromatic carbocycles. The fraction of sp³-hybridized carbons (Fsp3) is 0.385. The van der Waals surface area contributed by atoms with Gasteiger partial charge in [0.25, 0.3) is 0 Å². The molecule has 0 fully saturated rings. The van der Waals surface area contributed by atoms with Crippen molar-refractivity contribution in [1.82, 2.24) is 4.98 Å². The molecule has 0 spiro atoms. The second-order valence-corrected chi connectivity index (χ2v) is 3.60. The van der Waals surface area contributed by atoms with Gasteiger partial charge in [-0.2, -0.15) is 0 Å². The normalized spacial score (nSPS) is 9.89. The third kappa shape index (κ3) is 4.18. The molecule has 0 amide bonds. The summed E-state index contributed by atoms with van der Waals surface area (Å²) in [5.41, 5.74) is 0.719. The minimum atomic E-state index is -0.495. The number of aromatic nitrogens is 1. The van der Waals surface area contributed by atoms with Gasteiger partial charge in [-0.1, -0.05) is 12.6 Å². The molecule has 1 aromatic heterocycles. The number of aliphatic hydroxyl groups excluding tert-OH is 1. The fourth-order valence-electron chi connectivity index (χ4n) is 1.29. The summed E-state index contributed by atoms with van der Waals surface area (Å²) in [6.07, 6.45) is 1.43. The van der Waals surface area contributed by atoms with Gasteiger partial charge in [-0.3, -0.25) is 0 Å². The minimum Gasteiger partial charge on any atom is -0.492 e. The highest BCUT2D eigenvalue weighted by Gasteiger charge is 2.09. The Morgan fingerprint density at radius 1 is 1.39 bits per heavy atom. The van der Waals surface area contributed by atoms with Gasteiger partial charge in [0.05, 0.1) is 13.7 Å². The molecule has 5 heteroatoms. The van der Waals surface area contributed by atoms with Crippen LogP contribution in [-0.2, 0) is 9.47 Å². The molecular weight excluding hydrogens is 234 g/mol. The third-order valence-corrected chi connectivity index (χ3v) is 2.26. The van der Waals surface area contributed by atoms with E-state index in [0.717, 1.165) is 6.42 Å². The fourth-order valence-corrected chi connectivity index (χ4v) is 1.29. The maximum atomic E-state index is 11.3. The summed E-state index contributed by atoms with van der Waals surface area (Å²) >= 11 is 0. The lowest BCUT2D eigenvalue weighted by atomic mass is 10.2. The van der Waals surface area contributed by atoms with E-state index >= 15 is 0 Å². The van der Waals surface area contributed by atoms with E-state index in [0.29, 0.717) is 24.5 Å². The number of hydrogen-bond acceptors (Lipinski definition) is 5. The Balaban J connectivity index is 2.60. The van der Waals surface area contributed by atoms with Crippen LogP contribution in [0.4, 0.5) is 0 Å². The maximum Gasteiger partial charge on any atom is 0.356 e. The quantitative estimate of drug-likeness (QED) is 0.453. The Morgan fingerprint density at radius 3 is 2.78 bits per heavy atom. The summed E-state index contributed by atoms with van der Waals surface area (Å²) < 4.78 is 9.96. The zero-order valence-corrected chi connectivity index (χ0v) is 10.4. The van der Waals surface area contributed by atoms with E-state index in [2.05, 4.69) is 16.3 Å². The standard InChI is InChI=1S/C13H17NO4/c1-10(18-9-4-3-8-15)11-6-5-7-12(14-11)13(16)17-2/h5-7,15H,1,3-4,8-9H2,2H3. The topological polar surface area (TPSA) is 68.7 Å². The van der Waals surface area contributed by atoms with Gasteiger partial charge < -0.3 is 14.6 Å². The van der Waals surface area contributed by atoms with Crippen LogP contribution < -0.4 is 0 Å². The van der Waals surface area contributed by atoms with Gasteiger partial charge in [-0.25, -0.2) is 9.78 Å². The lowest BCUT2D eigenvalue weighted by molar-refractivity contribution is 0.0594. The van der Waals surface area contributed by atoms with Crippen molar-refractivity contribution in [2.24, 2.45) is 0 Å². The van der Waals surface area contributed by atoms with Gasteiger partial charge in [0.15, 0.2) is 0 Å². The van der Waals surface area contributed by atoms with E-state index in [-0.39, 0.29) is 12.3 Å². The average Bonchev–Trinajstić information content (AvgIpc) is 2.42. The molecule has 1 aromatic rings. The van der Waals surface area contributed by atoms with E-state index in [4.69, 9.17) is 9.84 Å². The van der Waals surface area contributed by atoms with Crippen LogP contribution >= 0.6 is 0 Å². The van der Waals surface area contributed by atoms with Crippen LogP contribution in [0.25, 0.3) is 5.76 Å². The van der Waals surface area contributed by atoms with Crippen LogP contribution in [0, 0.1) is 0 Å².